The van der Waals surface area contributed by atoms with Gasteiger partial charge in [-0.05, 0) is 54.1 Å². The second kappa shape index (κ2) is 7.35. The third kappa shape index (κ3) is 3.13. The van der Waals surface area contributed by atoms with E-state index in [2.05, 4.69) is 15.9 Å². The quantitative estimate of drug-likeness (QED) is 0.391. The Morgan fingerprint density at radius 2 is 1.81 bits per heavy atom. The van der Waals surface area contributed by atoms with Crippen LogP contribution in [-0.4, -0.2) is 13.0 Å². The number of hydrogen-bond donors (Lipinski definition) is 0. The Kier molecular flexibility index (Phi) is 4.63. The first-order valence-corrected chi connectivity index (χ1v) is 10.3. The van der Waals surface area contributed by atoms with Crippen LogP contribution in [0.1, 0.15) is 27.7 Å². The Balaban J connectivity index is 1.80. The van der Waals surface area contributed by atoms with Crippen molar-refractivity contribution in [2.75, 3.05) is 12.0 Å². The van der Waals surface area contributed by atoms with Gasteiger partial charge in [-0.2, -0.15) is 0 Å². The van der Waals surface area contributed by atoms with Crippen molar-refractivity contribution in [1.82, 2.24) is 0 Å². The van der Waals surface area contributed by atoms with Gasteiger partial charge in [0.1, 0.15) is 17.1 Å². The van der Waals surface area contributed by atoms with Crippen LogP contribution in [-0.2, 0) is 0 Å². The average Bonchev–Trinajstić information content (AvgIpc) is 3.07. The molecule has 7 heteroatoms. The van der Waals surface area contributed by atoms with Crippen molar-refractivity contribution in [1.29, 1.82) is 0 Å². The first-order valence-electron chi connectivity index (χ1n) is 9.47. The molecule has 1 aromatic heterocycles. The van der Waals surface area contributed by atoms with Gasteiger partial charge >= 0.3 is 0 Å². The molecular formula is C24H15BrFNO4. The van der Waals surface area contributed by atoms with Gasteiger partial charge in [0.15, 0.2) is 5.43 Å². The van der Waals surface area contributed by atoms with Crippen LogP contribution in [0, 0.1) is 5.82 Å². The first-order chi connectivity index (χ1) is 15.0. The van der Waals surface area contributed by atoms with Crippen molar-refractivity contribution in [3.63, 3.8) is 0 Å². The molecule has 1 amide bonds. The minimum atomic E-state index is -0.730. The fourth-order valence-electron chi connectivity index (χ4n) is 3.94. The van der Waals surface area contributed by atoms with Crippen LogP contribution in [0.3, 0.4) is 0 Å². The molecular weight excluding hydrogens is 465 g/mol. The molecule has 5 rings (SSSR count). The monoisotopic (exact) mass is 479 g/mol. The lowest BCUT2D eigenvalue weighted by Gasteiger charge is -2.25. The highest BCUT2D eigenvalue weighted by molar-refractivity contribution is 9.10. The zero-order chi connectivity index (χ0) is 21.7. The van der Waals surface area contributed by atoms with E-state index in [-0.39, 0.29) is 22.3 Å². The summed E-state index contributed by atoms with van der Waals surface area (Å²) in [5.41, 5.74) is 1.23. The summed E-state index contributed by atoms with van der Waals surface area (Å²) in [5.74, 6) is -0.369. The van der Waals surface area contributed by atoms with Crippen molar-refractivity contribution >= 4 is 38.5 Å². The second-order valence-corrected chi connectivity index (χ2v) is 8.06. The largest absolute Gasteiger partial charge is 0.497 e. The summed E-state index contributed by atoms with van der Waals surface area (Å²) >= 11 is 3.44. The zero-order valence-corrected chi connectivity index (χ0v) is 17.9. The van der Waals surface area contributed by atoms with Gasteiger partial charge < -0.3 is 9.15 Å². The van der Waals surface area contributed by atoms with E-state index in [0.717, 1.165) is 10.5 Å². The van der Waals surface area contributed by atoms with E-state index >= 15 is 0 Å². The van der Waals surface area contributed by atoms with Gasteiger partial charge in [0, 0.05) is 10.2 Å². The van der Waals surface area contributed by atoms with Gasteiger partial charge in [-0.3, -0.25) is 14.5 Å². The lowest BCUT2D eigenvalue weighted by Crippen LogP contribution is -2.29. The molecule has 3 aromatic carbocycles. The minimum Gasteiger partial charge on any atom is -0.497 e. The van der Waals surface area contributed by atoms with Gasteiger partial charge in [-0.15, -0.1) is 0 Å². The number of carbonyl (C=O) groups excluding carboxylic acids is 1. The minimum absolute atomic E-state index is 0.0371. The summed E-state index contributed by atoms with van der Waals surface area (Å²) in [6.45, 7) is 0. The van der Waals surface area contributed by atoms with Gasteiger partial charge in [0.2, 0.25) is 5.76 Å². The number of nitrogens with zero attached hydrogens (tertiary/aromatic N) is 1. The lowest BCUT2D eigenvalue weighted by atomic mass is 9.98. The maximum atomic E-state index is 13.9. The maximum absolute atomic E-state index is 13.9. The molecule has 154 valence electrons. The Morgan fingerprint density at radius 1 is 1.03 bits per heavy atom. The summed E-state index contributed by atoms with van der Waals surface area (Å²) in [5, 5.41) is 0.0983. The molecule has 4 aromatic rings. The molecule has 0 aliphatic carbocycles. The van der Waals surface area contributed by atoms with E-state index in [9.17, 15) is 14.0 Å². The summed E-state index contributed by atoms with van der Waals surface area (Å²) < 4.78 is 25.7. The third-order valence-electron chi connectivity index (χ3n) is 5.35. The third-order valence-corrected chi connectivity index (χ3v) is 5.84. The molecule has 0 saturated carbocycles. The van der Waals surface area contributed by atoms with Gasteiger partial charge in [0.25, 0.3) is 5.91 Å². The number of anilines is 1. The van der Waals surface area contributed by atoms with Crippen LogP contribution in [0.5, 0.6) is 5.75 Å². The number of methoxy groups -OCH3 is 1. The van der Waals surface area contributed by atoms with Crippen molar-refractivity contribution in [2.24, 2.45) is 0 Å². The predicted octanol–water partition coefficient (Wildman–Crippen LogP) is 5.45. The van der Waals surface area contributed by atoms with E-state index in [1.165, 1.54) is 17.0 Å². The van der Waals surface area contributed by atoms with Crippen molar-refractivity contribution in [2.45, 2.75) is 6.04 Å². The molecule has 0 fully saturated rings. The van der Waals surface area contributed by atoms with E-state index in [1.54, 1.807) is 43.5 Å². The van der Waals surface area contributed by atoms with Crippen molar-refractivity contribution in [3.8, 4) is 5.75 Å². The lowest BCUT2D eigenvalue weighted by molar-refractivity contribution is 0.0971. The van der Waals surface area contributed by atoms with Crippen molar-refractivity contribution < 1.29 is 18.3 Å². The standard InChI is InChI=1S/C24H15BrFNO4/c1-30-17-8-5-13(6-9-17)21-20-22(28)18-12-15(26)7-10-19(18)31-23(20)24(29)27(21)16-4-2-3-14(25)11-16/h2-12,21H,1H3. The van der Waals surface area contributed by atoms with Crippen LogP contribution in [0.2, 0.25) is 0 Å². The molecule has 2 heterocycles. The molecule has 0 radical (unpaired) electrons. The molecule has 5 nitrogen and oxygen atoms in total. The van der Waals surface area contributed by atoms with Crippen LogP contribution in [0.15, 0.2) is 80.4 Å². The Bertz CT molecular complexity index is 1400. The highest BCUT2D eigenvalue weighted by Gasteiger charge is 2.43. The second-order valence-electron chi connectivity index (χ2n) is 7.15. The average molecular weight is 480 g/mol. The molecule has 0 bridgehead atoms. The molecule has 0 spiro atoms. The topological polar surface area (TPSA) is 59.8 Å². The molecule has 0 saturated heterocycles. The van der Waals surface area contributed by atoms with Gasteiger partial charge in [0.05, 0.1) is 24.1 Å². The number of benzene rings is 3. The summed E-state index contributed by atoms with van der Waals surface area (Å²) in [6, 6.07) is 17.3. The van der Waals surface area contributed by atoms with E-state index < -0.39 is 23.2 Å². The van der Waals surface area contributed by atoms with E-state index in [0.29, 0.717) is 17.0 Å². The van der Waals surface area contributed by atoms with E-state index in [1.807, 2.05) is 12.1 Å². The van der Waals surface area contributed by atoms with E-state index in [4.69, 9.17) is 9.15 Å². The Hall–Kier alpha value is -3.45. The summed E-state index contributed by atoms with van der Waals surface area (Å²) in [6.07, 6.45) is 0. The molecule has 1 aliphatic rings. The smallest absolute Gasteiger partial charge is 0.295 e. The highest BCUT2D eigenvalue weighted by Crippen LogP contribution is 2.42. The SMILES string of the molecule is COc1ccc(C2c3c(oc4ccc(F)cc4c3=O)C(=O)N2c2cccc(Br)c2)cc1. The van der Waals surface area contributed by atoms with Crippen LogP contribution < -0.4 is 15.1 Å². The molecule has 0 N–H and O–H groups in total. The van der Waals surface area contributed by atoms with Crippen LogP contribution >= 0.6 is 15.9 Å². The normalized spacial score (nSPS) is 15.4. The van der Waals surface area contributed by atoms with Gasteiger partial charge in [-0.25, -0.2) is 4.39 Å². The molecule has 1 aliphatic heterocycles. The fraction of sp³-hybridized carbons (Fsp3) is 0.0833. The Labute approximate surface area is 184 Å². The number of halogens is 2. The molecule has 31 heavy (non-hydrogen) atoms. The summed E-state index contributed by atoms with van der Waals surface area (Å²) in [7, 11) is 1.56. The van der Waals surface area contributed by atoms with Crippen LogP contribution in [0.4, 0.5) is 10.1 Å². The first kappa shape index (κ1) is 19.5. The molecule has 1 unspecified atom stereocenters. The Morgan fingerprint density at radius 3 is 2.52 bits per heavy atom. The number of hydrogen-bond acceptors (Lipinski definition) is 4. The number of fused-ring (bicyclic) bond motifs is 2. The van der Waals surface area contributed by atoms with Crippen molar-refractivity contribution in [3.05, 3.63) is 104 Å². The number of rotatable bonds is 3. The molecule has 1 atom stereocenters. The maximum Gasteiger partial charge on any atom is 0.295 e. The zero-order valence-electron chi connectivity index (χ0n) is 16.3. The van der Waals surface area contributed by atoms with Crippen LogP contribution in [0.25, 0.3) is 11.0 Å². The highest BCUT2D eigenvalue weighted by atomic mass is 79.9. The number of amides is 1. The summed E-state index contributed by atoms with van der Waals surface area (Å²) in [4.78, 5) is 28.4. The number of carbonyl (C=O) groups is 1. The fourth-order valence-corrected chi connectivity index (χ4v) is 4.33. The predicted molar refractivity (Wildman–Crippen MR) is 118 cm³/mol. The number of ether oxygens (including phenoxy) is 1. The van der Waals surface area contributed by atoms with Gasteiger partial charge in [-0.1, -0.05) is 34.1 Å².